The van der Waals surface area contributed by atoms with Gasteiger partial charge < -0.3 is 4.90 Å². The summed E-state index contributed by atoms with van der Waals surface area (Å²) in [5.74, 6) is 0.549. The lowest BCUT2D eigenvalue weighted by molar-refractivity contribution is 0.0390. The smallest absolute Gasteiger partial charge is 0.254 e. The van der Waals surface area contributed by atoms with E-state index in [2.05, 4.69) is 0 Å². The third kappa shape index (κ3) is 3.28. The molecule has 23 heavy (non-hydrogen) atoms. The Morgan fingerprint density at radius 2 is 1.87 bits per heavy atom. The van der Waals surface area contributed by atoms with Gasteiger partial charge in [-0.2, -0.15) is 0 Å². The minimum atomic E-state index is -3.80. The van der Waals surface area contributed by atoms with Crippen LogP contribution in [0.15, 0.2) is 23.1 Å². The highest BCUT2D eigenvalue weighted by Crippen LogP contribution is 2.36. The second-order valence-corrected chi connectivity index (χ2v) is 8.34. The molecule has 1 heterocycles. The molecule has 126 valence electrons. The standard InChI is InChI=1S/C17H24N2O3S/c1-12-8-9-14(23(18,21)22)11-15(12)17(20)19-10-4-6-13-5-2-3-7-16(13)19/h8-9,11,13,16H,2-7,10H2,1H3,(H2,18,21,22)/t13-,16+/m0/s1. The minimum Gasteiger partial charge on any atom is -0.335 e. The maximum atomic E-state index is 13.0. The van der Waals surface area contributed by atoms with Crippen LogP contribution < -0.4 is 5.14 Å². The van der Waals surface area contributed by atoms with E-state index >= 15 is 0 Å². The number of carbonyl (C=O) groups excluding carboxylic acids is 1. The number of fused-ring (bicyclic) bond motifs is 1. The van der Waals surface area contributed by atoms with Gasteiger partial charge in [0, 0.05) is 18.2 Å². The zero-order valence-electron chi connectivity index (χ0n) is 13.5. The number of aryl methyl sites for hydroxylation is 1. The van der Waals surface area contributed by atoms with Gasteiger partial charge in [0.2, 0.25) is 10.0 Å². The summed E-state index contributed by atoms with van der Waals surface area (Å²) in [6.45, 7) is 2.60. The van der Waals surface area contributed by atoms with E-state index in [1.54, 1.807) is 6.07 Å². The van der Waals surface area contributed by atoms with Gasteiger partial charge in [0.25, 0.3) is 5.91 Å². The Kier molecular flexibility index (Phi) is 4.47. The van der Waals surface area contributed by atoms with Gasteiger partial charge in [0.1, 0.15) is 0 Å². The van der Waals surface area contributed by atoms with E-state index in [1.165, 1.54) is 37.8 Å². The molecule has 5 nitrogen and oxygen atoms in total. The van der Waals surface area contributed by atoms with Crippen molar-refractivity contribution in [3.63, 3.8) is 0 Å². The van der Waals surface area contributed by atoms with Crippen LogP contribution in [-0.4, -0.2) is 31.8 Å². The predicted molar refractivity (Wildman–Crippen MR) is 88.6 cm³/mol. The molecule has 0 aromatic heterocycles. The molecule has 1 saturated heterocycles. The Morgan fingerprint density at radius 3 is 2.61 bits per heavy atom. The molecule has 0 bridgehead atoms. The van der Waals surface area contributed by atoms with Crippen molar-refractivity contribution in [1.29, 1.82) is 0 Å². The topological polar surface area (TPSA) is 80.5 Å². The maximum absolute atomic E-state index is 13.0. The molecule has 1 aliphatic heterocycles. The normalized spacial score (nSPS) is 25.0. The molecule has 2 N–H and O–H groups in total. The summed E-state index contributed by atoms with van der Waals surface area (Å²) in [5.41, 5.74) is 1.25. The summed E-state index contributed by atoms with van der Waals surface area (Å²) in [5, 5.41) is 5.21. The number of sulfonamides is 1. The number of hydrogen-bond donors (Lipinski definition) is 1. The van der Waals surface area contributed by atoms with Gasteiger partial charge in [-0.15, -0.1) is 0 Å². The Balaban J connectivity index is 1.93. The Bertz CT molecular complexity index is 713. The van der Waals surface area contributed by atoms with Crippen LogP contribution in [0.5, 0.6) is 0 Å². The zero-order valence-corrected chi connectivity index (χ0v) is 14.3. The third-order valence-electron chi connectivity index (χ3n) is 5.27. The van der Waals surface area contributed by atoms with Crippen molar-refractivity contribution in [1.82, 2.24) is 4.90 Å². The van der Waals surface area contributed by atoms with Crippen molar-refractivity contribution < 1.29 is 13.2 Å². The molecule has 1 saturated carbocycles. The number of likely N-dealkylation sites (tertiary alicyclic amines) is 1. The van der Waals surface area contributed by atoms with Crippen molar-refractivity contribution in [2.75, 3.05) is 6.54 Å². The first-order valence-corrected chi connectivity index (χ1v) is 9.87. The van der Waals surface area contributed by atoms with Crippen LogP contribution in [-0.2, 0) is 10.0 Å². The van der Waals surface area contributed by atoms with Crippen molar-refractivity contribution >= 4 is 15.9 Å². The SMILES string of the molecule is Cc1ccc(S(N)(=O)=O)cc1C(=O)N1CCC[C@@H]2CCCC[C@H]21. The fourth-order valence-corrected chi connectivity index (χ4v) is 4.58. The maximum Gasteiger partial charge on any atom is 0.254 e. The molecule has 2 aliphatic rings. The quantitative estimate of drug-likeness (QED) is 0.900. The number of rotatable bonds is 2. The van der Waals surface area contributed by atoms with Crippen molar-refractivity contribution in [2.45, 2.75) is 56.4 Å². The van der Waals surface area contributed by atoms with Gasteiger partial charge in [-0.3, -0.25) is 4.79 Å². The minimum absolute atomic E-state index is 0.00338. The average molecular weight is 336 g/mol. The fourth-order valence-electron chi connectivity index (χ4n) is 4.04. The number of carbonyl (C=O) groups is 1. The average Bonchev–Trinajstić information content (AvgIpc) is 2.53. The summed E-state index contributed by atoms with van der Waals surface area (Å²) in [4.78, 5) is 15.0. The molecular weight excluding hydrogens is 312 g/mol. The molecule has 2 atom stereocenters. The van der Waals surface area contributed by atoms with E-state index in [1.807, 2.05) is 11.8 Å². The van der Waals surface area contributed by atoms with Crippen LogP contribution in [0.4, 0.5) is 0 Å². The highest BCUT2D eigenvalue weighted by molar-refractivity contribution is 7.89. The van der Waals surface area contributed by atoms with Gasteiger partial charge in [-0.25, -0.2) is 13.6 Å². The van der Waals surface area contributed by atoms with Gasteiger partial charge in [-0.1, -0.05) is 18.9 Å². The number of piperidine rings is 1. The molecule has 0 spiro atoms. The molecule has 1 aromatic rings. The second-order valence-electron chi connectivity index (χ2n) is 6.77. The van der Waals surface area contributed by atoms with Gasteiger partial charge in [0.05, 0.1) is 4.90 Å². The van der Waals surface area contributed by atoms with Crippen molar-refractivity contribution in [2.24, 2.45) is 11.1 Å². The number of amides is 1. The van der Waals surface area contributed by atoms with Gasteiger partial charge in [-0.05, 0) is 56.2 Å². The first-order valence-electron chi connectivity index (χ1n) is 8.32. The molecule has 1 aromatic carbocycles. The van der Waals surface area contributed by atoms with Gasteiger partial charge >= 0.3 is 0 Å². The van der Waals surface area contributed by atoms with E-state index < -0.39 is 10.0 Å². The molecular formula is C17H24N2O3S. The van der Waals surface area contributed by atoms with E-state index in [0.717, 1.165) is 24.9 Å². The lowest BCUT2D eigenvalue weighted by atomic mass is 9.78. The van der Waals surface area contributed by atoms with Crippen LogP contribution in [0, 0.1) is 12.8 Å². The number of hydrogen-bond acceptors (Lipinski definition) is 3. The van der Waals surface area contributed by atoms with E-state index in [0.29, 0.717) is 17.5 Å². The lowest BCUT2D eigenvalue weighted by Crippen LogP contribution is -2.49. The first kappa shape index (κ1) is 16.5. The largest absolute Gasteiger partial charge is 0.335 e. The van der Waals surface area contributed by atoms with Crippen LogP contribution in [0.25, 0.3) is 0 Å². The van der Waals surface area contributed by atoms with Crippen molar-refractivity contribution in [3.8, 4) is 0 Å². The Hall–Kier alpha value is -1.40. The van der Waals surface area contributed by atoms with E-state index in [-0.39, 0.29) is 10.8 Å². The van der Waals surface area contributed by atoms with E-state index in [4.69, 9.17) is 5.14 Å². The summed E-state index contributed by atoms with van der Waals surface area (Å²) in [6, 6.07) is 4.86. The first-order chi connectivity index (χ1) is 10.9. The predicted octanol–water partition coefficient (Wildman–Crippen LogP) is 2.44. The monoisotopic (exact) mass is 336 g/mol. The molecule has 2 fully saturated rings. The lowest BCUT2D eigenvalue weighted by Gasteiger charge is -2.44. The number of nitrogens with zero attached hydrogens (tertiary/aromatic N) is 1. The van der Waals surface area contributed by atoms with Crippen LogP contribution >= 0.6 is 0 Å². The molecule has 0 radical (unpaired) electrons. The Morgan fingerprint density at radius 1 is 1.17 bits per heavy atom. The summed E-state index contributed by atoms with van der Waals surface area (Å²) < 4.78 is 23.2. The number of benzene rings is 1. The number of nitrogens with two attached hydrogens (primary N) is 1. The van der Waals surface area contributed by atoms with Gasteiger partial charge in [0.15, 0.2) is 0 Å². The molecule has 3 rings (SSSR count). The highest BCUT2D eigenvalue weighted by Gasteiger charge is 2.36. The third-order valence-corrected chi connectivity index (χ3v) is 6.18. The van der Waals surface area contributed by atoms with Crippen LogP contribution in [0.3, 0.4) is 0 Å². The second kappa shape index (κ2) is 6.24. The number of primary sulfonamides is 1. The summed E-state index contributed by atoms with van der Waals surface area (Å²) in [6.07, 6.45) is 6.91. The Labute approximate surface area is 137 Å². The van der Waals surface area contributed by atoms with E-state index in [9.17, 15) is 13.2 Å². The van der Waals surface area contributed by atoms with Crippen LogP contribution in [0.2, 0.25) is 0 Å². The summed E-state index contributed by atoms with van der Waals surface area (Å²) >= 11 is 0. The highest BCUT2D eigenvalue weighted by atomic mass is 32.2. The molecule has 0 unspecified atom stereocenters. The van der Waals surface area contributed by atoms with Crippen LogP contribution in [0.1, 0.15) is 54.4 Å². The summed E-state index contributed by atoms with van der Waals surface area (Å²) in [7, 11) is -3.80. The van der Waals surface area contributed by atoms with Crippen molar-refractivity contribution in [3.05, 3.63) is 29.3 Å². The molecule has 1 amide bonds. The molecule has 6 heteroatoms. The molecule has 1 aliphatic carbocycles. The fraction of sp³-hybridized carbons (Fsp3) is 0.588. The zero-order chi connectivity index (χ0) is 16.6.